The second-order valence-electron chi connectivity index (χ2n) is 7.60. The lowest BCUT2D eigenvalue weighted by molar-refractivity contribution is 0.0366. The lowest BCUT2D eigenvalue weighted by Crippen LogP contribution is -2.46. The number of fused-ring (bicyclic) bond motifs is 1. The van der Waals surface area contributed by atoms with Crippen LogP contribution in [0.1, 0.15) is 51.9 Å². The Bertz CT molecular complexity index is 318. The molecular weight excluding hydrogens is 240 g/mol. The zero-order chi connectivity index (χ0) is 12.8. The van der Waals surface area contributed by atoms with Crippen molar-refractivity contribution >= 4 is 8.32 Å². The molecule has 4 atom stereocenters. The fourth-order valence-corrected chi connectivity index (χ4v) is 6.76. The van der Waals surface area contributed by atoms with Gasteiger partial charge in [-0.25, -0.2) is 0 Å². The van der Waals surface area contributed by atoms with Gasteiger partial charge in [0.15, 0.2) is 8.32 Å². The highest BCUT2D eigenvalue weighted by molar-refractivity contribution is 6.71. The van der Waals surface area contributed by atoms with Crippen molar-refractivity contribution < 1.29 is 9.16 Å². The van der Waals surface area contributed by atoms with Crippen molar-refractivity contribution in [1.29, 1.82) is 0 Å². The van der Waals surface area contributed by atoms with Crippen molar-refractivity contribution in [3.63, 3.8) is 0 Å². The Morgan fingerprint density at radius 2 is 2.06 bits per heavy atom. The second-order valence-corrected chi connectivity index (χ2v) is 11.8. The first-order chi connectivity index (χ1) is 8.46. The van der Waals surface area contributed by atoms with Crippen molar-refractivity contribution in [2.24, 2.45) is 5.92 Å². The van der Waals surface area contributed by atoms with Gasteiger partial charge in [-0.2, -0.15) is 0 Å². The molecule has 0 aromatic rings. The van der Waals surface area contributed by atoms with Gasteiger partial charge in [0.05, 0.1) is 17.8 Å². The Kier molecular flexibility index (Phi) is 3.36. The average molecular weight is 268 g/mol. The molecule has 104 valence electrons. The molecule has 2 heterocycles. The van der Waals surface area contributed by atoms with Crippen LogP contribution >= 0.6 is 0 Å². The molecule has 2 nitrogen and oxygen atoms in total. The molecule has 3 rings (SSSR count). The van der Waals surface area contributed by atoms with Crippen molar-refractivity contribution in [3.05, 3.63) is 0 Å². The second kappa shape index (κ2) is 4.60. The average Bonchev–Trinajstić information content (AvgIpc) is 3.02. The van der Waals surface area contributed by atoms with Gasteiger partial charge in [0, 0.05) is 0 Å². The van der Waals surface area contributed by atoms with Crippen LogP contribution in [-0.2, 0) is 9.16 Å². The van der Waals surface area contributed by atoms with Gasteiger partial charge in [-0.05, 0) is 70.5 Å². The number of epoxide rings is 1. The van der Waals surface area contributed by atoms with Gasteiger partial charge < -0.3 is 9.16 Å². The maximum Gasteiger partial charge on any atom is 0.187 e. The van der Waals surface area contributed by atoms with Gasteiger partial charge in [0.2, 0.25) is 0 Å². The molecule has 0 amide bonds. The fraction of sp³-hybridized carbons (Fsp3) is 1.00. The monoisotopic (exact) mass is 268 g/mol. The number of hydrogen-bond acceptors (Lipinski definition) is 2. The molecule has 0 bridgehead atoms. The minimum atomic E-state index is -1.34. The lowest BCUT2D eigenvalue weighted by atomic mass is 9.82. The van der Waals surface area contributed by atoms with Crippen molar-refractivity contribution in [3.8, 4) is 0 Å². The lowest BCUT2D eigenvalue weighted by Gasteiger charge is -2.43. The molecular formula is C15H28O2Si. The van der Waals surface area contributed by atoms with E-state index in [1.165, 1.54) is 51.0 Å². The highest BCUT2D eigenvalue weighted by Crippen LogP contribution is 2.43. The fourth-order valence-electron chi connectivity index (χ4n) is 4.09. The van der Waals surface area contributed by atoms with E-state index >= 15 is 0 Å². The summed E-state index contributed by atoms with van der Waals surface area (Å²) in [6.07, 6.45) is 10.6. The Hall–Kier alpha value is 0.137. The largest absolute Gasteiger partial charge is 0.412 e. The molecule has 2 saturated heterocycles. The van der Waals surface area contributed by atoms with Gasteiger partial charge >= 0.3 is 0 Å². The van der Waals surface area contributed by atoms with Crippen LogP contribution in [0.5, 0.6) is 0 Å². The third-order valence-corrected chi connectivity index (χ3v) is 7.80. The first-order valence-electron chi connectivity index (χ1n) is 7.81. The molecule has 3 fully saturated rings. The van der Waals surface area contributed by atoms with E-state index in [2.05, 4.69) is 20.0 Å². The van der Waals surface area contributed by atoms with E-state index in [0.29, 0.717) is 12.2 Å². The molecule has 0 aromatic heterocycles. The third-order valence-electron chi connectivity index (χ3n) is 5.20. The summed E-state index contributed by atoms with van der Waals surface area (Å²) < 4.78 is 12.1. The van der Waals surface area contributed by atoms with Crippen LogP contribution in [0.15, 0.2) is 0 Å². The molecule has 0 spiro atoms. The molecule has 1 saturated carbocycles. The van der Waals surface area contributed by atoms with Gasteiger partial charge in [0.25, 0.3) is 0 Å². The maximum absolute atomic E-state index is 6.50. The summed E-state index contributed by atoms with van der Waals surface area (Å²) in [5.74, 6) is 0.904. The zero-order valence-corrected chi connectivity index (χ0v) is 13.2. The van der Waals surface area contributed by atoms with Crippen LogP contribution in [0.3, 0.4) is 0 Å². The Morgan fingerprint density at radius 3 is 2.78 bits per heavy atom. The summed E-state index contributed by atoms with van der Waals surface area (Å²) in [5, 5.41) is 0. The van der Waals surface area contributed by atoms with E-state index in [0.717, 1.165) is 5.92 Å². The van der Waals surface area contributed by atoms with Gasteiger partial charge in [-0.3, -0.25) is 0 Å². The Morgan fingerprint density at radius 1 is 1.22 bits per heavy atom. The topological polar surface area (TPSA) is 21.8 Å². The highest BCUT2D eigenvalue weighted by atomic mass is 28.4. The molecule has 3 aliphatic rings. The number of rotatable bonds is 3. The highest BCUT2D eigenvalue weighted by Gasteiger charge is 2.44. The van der Waals surface area contributed by atoms with Crippen LogP contribution in [0.4, 0.5) is 0 Å². The van der Waals surface area contributed by atoms with E-state index in [1.54, 1.807) is 0 Å². The molecule has 0 aromatic carbocycles. The standard InChI is InChI=1S/C15H28O2Si/c1-15(8-4-10-18(2,3)17-15)9-7-12-5-6-13-14(11-12)16-13/h12-14H,4-11H2,1-3H3. The SMILES string of the molecule is CC1(CCC2CCC3OC3C2)CCC[Si](C)(C)O1. The van der Waals surface area contributed by atoms with Crippen molar-refractivity contribution in [2.75, 3.05) is 0 Å². The van der Waals surface area contributed by atoms with E-state index in [4.69, 9.17) is 9.16 Å². The van der Waals surface area contributed by atoms with Crippen molar-refractivity contribution in [1.82, 2.24) is 0 Å². The molecule has 0 N–H and O–H groups in total. The number of hydrogen-bond donors (Lipinski definition) is 0. The molecule has 3 heteroatoms. The molecule has 0 radical (unpaired) electrons. The van der Waals surface area contributed by atoms with Crippen LogP contribution < -0.4 is 0 Å². The summed E-state index contributed by atoms with van der Waals surface area (Å²) >= 11 is 0. The summed E-state index contributed by atoms with van der Waals surface area (Å²) in [7, 11) is -1.34. The summed E-state index contributed by atoms with van der Waals surface area (Å²) in [6, 6.07) is 1.35. The molecule has 1 aliphatic carbocycles. The smallest absolute Gasteiger partial charge is 0.187 e. The quantitative estimate of drug-likeness (QED) is 0.567. The maximum atomic E-state index is 6.50. The minimum absolute atomic E-state index is 0.190. The molecule has 4 unspecified atom stereocenters. The Balaban J connectivity index is 1.49. The normalized spacial score (nSPS) is 46.5. The van der Waals surface area contributed by atoms with Gasteiger partial charge in [0.1, 0.15) is 0 Å². The van der Waals surface area contributed by atoms with Gasteiger partial charge in [-0.1, -0.05) is 6.42 Å². The first-order valence-corrected chi connectivity index (χ1v) is 10.9. The van der Waals surface area contributed by atoms with E-state index in [9.17, 15) is 0 Å². The summed E-state index contributed by atoms with van der Waals surface area (Å²) in [6.45, 7) is 7.13. The Labute approximate surface area is 113 Å². The third kappa shape index (κ3) is 2.99. The first kappa shape index (κ1) is 13.1. The summed E-state index contributed by atoms with van der Waals surface area (Å²) in [4.78, 5) is 0. The number of ether oxygens (including phenoxy) is 1. The van der Waals surface area contributed by atoms with E-state index in [1.807, 2.05) is 0 Å². The van der Waals surface area contributed by atoms with Crippen LogP contribution in [0.2, 0.25) is 19.1 Å². The minimum Gasteiger partial charge on any atom is -0.412 e. The molecule has 2 aliphatic heterocycles. The van der Waals surface area contributed by atoms with E-state index in [-0.39, 0.29) is 5.60 Å². The predicted molar refractivity (Wildman–Crippen MR) is 76.2 cm³/mol. The van der Waals surface area contributed by atoms with Crippen LogP contribution in [0.25, 0.3) is 0 Å². The van der Waals surface area contributed by atoms with Crippen LogP contribution in [-0.4, -0.2) is 26.1 Å². The van der Waals surface area contributed by atoms with Crippen LogP contribution in [0, 0.1) is 5.92 Å². The van der Waals surface area contributed by atoms with Gasteiger partial charge in [-0.15, -0.1) is 0 Å². The summed E-state index contributed by atoms with van der Waals surface area (Å²) in [5.41, 5.74) is 0.190. The van der Waals surface area contributed by atoms with Crippen molar-refractivity contribution in [2.45, 2.75) is 88.8 Å². The molecule has 18 heavy (non-hydrogen) atoms. The van der Waals surface area contributed by atoms with E-state index < -0.39 is 8.32 Å². The zero-order valence-electron chi connectivity index (χ0n) is 12.2. The predicted octanol–water partition coefficient (Wildman–Crippen LogP) is 4.11.